The molecule has 5 atom stereocenters. The summed E-state index contributed by atoms with van der Waals surface area (Å²) in [6.07, 6.45) is -2.67. The van der Waals surface area contributed by atoms with Gasteiger partial charge in [0.2, 0.25) is 12.5 Å². The van der Waals surface area contributed by atoms with Crippen molar-refractivity contribution in [3.8, 4) is 17.2 Å². The Balaban J connectivity index is 1.55. The fraction of sp³-hybridized carbons (Fsp3) is 0.731. The minimum Gasteiger partial charge on any atom is -0.492 e. The van der Waals surface area contributed by atoms with Crippen LogP contribution in [0.25, 0.3) is 0 Å². The van der Waals surface area contributed by atoms with Gasteiger partial charge in [-0.1, -0.05) is 0 Å². The number of rotatable bonds is 7. The molecule has 4 aliphatic rings. The maximum absolute atomic E-state index is 13.7. The average molecular weight is 524 g/mol. The first-order valence-electron chi connectivity index (χ1n) is 12.8. The molecule has 3 fully saturated rings. The van der Waals surface area contributed by atoms with Crippen LogP contribution in [0, 0.1) is 0 Å². The normalized spacial score (nSPS) is 33.0. The van der Waals surface area contributed by atoms with E-state index < -0.39 is 41.8 Å². The van der Waals surface area contributed by atoms with Crippen LogP contribution >= 0.6 is 0 Å². The highest BCUT2D eigenvalue weighted by atomic mass is 16.8. The lowest BCUT2D eigenvalue weighted by molar-refractivity contribution is -0.284. The van der Waals surface area contributed by atoms with Gasteiger partial charge in [0, 0.05) is 19.5 Å². The van der Waals surface area contributed by atoms with Gasteiger partial charge in [-0.05, 0) is 53.2 Å². The van der Waals surface area contributed by atoms with Gasteiger partial charge in [0.25, 0.3) is 5.91 Å². The number of carbonyl (C=O) groups excluding carboxylic acids is 1. The number of fused-ring (bicyclic) bond motifs is 2. The number of carbonyl (C=O) groups is 1. The van der Waals surface area contributed by atoms with Crippen LogP contribution in [0.3, 0.4) is 0 Å². The molecule has 4 aliphatic heterocycles. The molecule has 5 rings (SSSR count). The van der Waals surface area contributed by atoms with E-state index in [-0.39, 0.29) is 37.0 Å². The van der Waals surface area contributed by atoms with Gasteiger partial charge >= 0.3 is 0 Å². The zero-order valence-corrected chi connectivity index (χ0v) is 22.5. The molecule has 0 radical (unpaired) electrons. The van der Waals surface area contributed by atoms with Crippen molar-refractivity contribution in [2.75, 3.05) is 33.6 Å². The standard InChI is InChI=1S/C26H37NO10/c1-8-27(9-2)23(28)17-14(10-15-18(20(17)30-7)32-13-31-15)11-26(29)22-21(35-25(5,6)37-22)19(36-26)16-12-33-24(3,4)34-16/h10,16,19,21-22,29H,8-9,11-13H2,1-7H3/t16-,19+,21-,22-,26?/m1/s1. The predicted octanol–water partition coefficient (Wildman–Crippen LogP) is 2.21. The summed E-state index contributed by atoms with van der Waals surface area (Å²) < 4.78 is 47.4. The Kier molecular flexibility index (Phi) is 6.61. The molecule has 1 aromatic rings. The van der Waals surface area contributed by atoms with Gasteiger partial charge < -0.3 is 47.9 Å². The van der Waals surface area contributed by atoms with Gasteiger partial charge in [-0.3, -0.25) is 4.79 Å². The Hall–Kier alpha value is -2.15. The summed E-state index contributed by atoms with van der Waals surface area (Å²) in [6, 6.07) is 1.70. The molecule has 1 amide bonds. The van der Waals surface area contributed by atoms with Gasteiger partial charge in [0.15, 0.2) is 28.9 Å². The molecule has 0 spiro atoms. The van der Waals surface area contributed by atoms with Gasteiger partial charge in [0.1, 0.15) is 24.4 Å². The summed E-state index contributed by atoms with van der Waals surface area (Å²) in [5.41, 5.74) is 0.768. The number of benzene rings is 1. The first kappa shape index (κ1) is 26.5. The Bertz CT molecular complexity index is 1050. The third-order valence-corrected chi connectivity index (χ3v) is 7.25. The van der Waals surface area contributed by atoms with E-state index in [1.165, 1.54) is 7.11 Å². The Labute approximate surface area is 216 Å². The highest BCUT2D eigenvalue weighted by molar-refractivity contribution is 6.00. The van der Waals surface area contributed by atoms with Crippen LogP contribution in [0.5, 0.6) is 17.2 Å². The third-order valence-electron chi connectivity index (χ3n) is 7.25. The number of methoxy groups -OCH3 is 1. The second kappa shape index (κ2) is 9.25. The summed E-state index contributed by atoms with van der Waals surface area (Å²) in [6.45, 7) is 12.3. The number of amides is 1. The second-order valence-corrected chi connectivity index (χ2v) is 10.6. The first-order valence-corrected chi connectivity index (χ1v) is 12.8. The smallest absolute Gasteiger partial charge is 0.258 e. The highest BCUT2D eigenvalue weighted by Crippen LogP contribution is 2.50. The number of hydrogen-bond acceptors (Lipinski definition) is 10. The lowest BCUT2D eigenvalue weighted by Gasteiger charge is -2.32. The zero-order valence-electron chi connectivity index (χ0n) is 22.5. The Morgan fingerprint density at radius 1 is 1.05 bits per heavy atom. The highest BCUT2D eigenvalue weighted by Gasteiger charge is 2.65. The Morgan fingerprint density at radius 2 is 1.78 bits per heavy atom. The van der Waals surface area contributed by atoms with Gasteiger partial charge in [0.05, 0.1) is 19.3 Å². The van der Waals surface area contributed by atoms with Crippen LogP contribution < -0.4 is 14.2 Å². The van der Waals surface area contributed by atoms with E-state index in [9.17, 15) is 9.90 Å². The maximum atomic E-state index is 13.7. The maximum Gasteiger partial charge on any atom is 0.258 e. The lowest BCUT2D eigenvalue weighted by Crippen LogP contribution is -2.45. The van der Waals surface area contributed by atoms with E-state index in [1.807, 2.05) is 27.7 Å². The molecule has 4 heterocycles. The predicted molar refractivity (Wildman–Crippen MR) is 129 cm³/mol. The largest absolute Gasteiger partial charge is 0.492 e. The van der Waals surface area contributed by atoms with Gasteiger partial charge in [-0.2, -0.15) is 0 Å². The molecule has 1 unspecified atom stereocenters. The van der Waals surface area contributed by atoms with E-state index in [1.54, 1.807) is 24.8 Å². The van der Waals surface area contributed by atoms with E-state index in [2.05, 4.69) is 0 Å². The molecule has 3 saturated heterocycles. The SMILES string of the molecule is CCN(CC)C(=O)c1c(CC2(O)O[C@@H]([C@H]3COC(C)(C)O3)[C@H]3OC(C)(C)O[C@H]32)cc2c(c1OC)OCO2. The summed E-state index contributed by atoms with van der Waals surface area (Å²) >= 11 is 0. The van der Waals surface area contributed by atoms with Gasteiger partial charge in [-0.25, -0.2) is 0 Å². The molecular weight excluding hydrogens is 486 g/mol. The number of nitrogens with zero attached hydrogens (tertiary/aromatic N) is 1. The van der Waals surface area contributed by atoms with Crippen molar-refractivity contribution in [2.24, 2.45) is 0 Å². The minimum absolute atomic E-state index is 0.00152. The Morgan fingerprint density at radius 3 is 2.41 bits per heavy atom. The molecule has 0 bridgehead atoms. The van der Waals surface area contributed by atoms with Crippen molar-refractivity contribution < 1.29 is 47.8 Å². The summed E-state index contributed by atoms with van der Waals surface area (Å²) in [5, 5.41) is 12.0. The summed E-state index contributed by atoms with van der Waals surface area (Å²) in [7, 11) is 1.47. The van der Waals surface area contributed by atoms with E-state index in [4.69, 9.17) is 37.9 Å². The molecule has 1 N–H and O–H groups in total. The molecule has 0 aromatic heterocycles. The molecule has 206 valence electrons. The fourth-order valence-corrected chi connectivity index (χ4v) is 5.63. The number of hydrogen-bond donors (Lipinski definition) is 1. The van der Waals surface area contributed by atoms with E-state index >= 15 is 0 Å². The van der Waals surface area contributed by atoms with Crippen molar-refractivity contribution in [1.29, 1.82) is 0 Å². The van der Waals surface area contributed by atoms with Crippen molar-refractivity contribution in [2.45, 2.75) is 89.7 Å². The minimum atomic E-state index is -1.84. The lowest BCUT2D eigenvalue weighted by atomic mass is 9.92. The molecule has 0 saturated carbocycles. The number of aliphatic hydroxyl groups is 1. The van der Waals surface area contributed by atoms with E-state index in [0.717, 1.165) is 0 Å². The third kappa shape index (κ3) is 4.55. The zero-order chi connectivity index (χ0) is 26.8. The molecule has 11 heteroatoms. The quantitative estimate of drug-likeness (QED) is 0.571. The van der Waals surface area contributed by atoms with Crippen LogP contribution in [0.2, 0.25) is 0 Å². The summed E-state index contributed by atoms with van der Waals surface area (Å²) in [5.74, 6) is -2.78. The van der Waals surface area contributed by atoms with Crippen molar-refractivity contribution in [3.63, 3.8) is 0 Å². The van der Waals surface area contributed by atoms with Gasteiger partial charge in [-0.15, -0.1) is 0 Å². The topological polar surface area (TPSA) is 114 Å². The molecular formula is C26H37NO10. The molecule has 11 nitrogen and oxygen atoms in total. The van der Waals surface area contributed by atoms with Crippen LogP contribution in [0.15, 0.2) is 6.07 Å². The molecule has 37 heavy (non-hydrogen) atoms. The molecule has 1 aromatic carbocycles. The van der Waals surface area contributed by atoms with Crippen LogP contribution in [-0.4, -0.2) is 91.3 Å². The second-order valence-electron chi connectivity index (χ2n) is 10.6. The first-order chi connectivity index (χ1) is 17.4. The number of ether oxygens (including phenoxy) is 8. The molecule has 0 aliphatic carbocycles. The average Bonchev–Trinajstić information content (AvgIpc) is 3.57. The summed E-state index contributed by atoms with van der Waals surface area (Å²) in [4.78, 5) is 15.4. The van der Waals surface area contributed by atoms with E-state index in [0.29, 0.717) is 30.2 Å². The van der Waals surface area contributed by atoms with Crippen molar-refractivity contribution >= 4 is 5.91 Å². The van der Waals surface area contributed by atoms with Crippen LogP contribution in [-0.2, 0) is 30.1 Å². The van der Waals surface area contributed by atoms with Crippen LogP contribution in [0.1, 0.15) is 57.5 Å². The monoisotopic (exact) mass is 523 g/mol. The van der Waals surface area contributed by atoms with Crippen molar-refractivity contribution in [1.82, 2.24) is 4.90 Å². The fourth-order valence-electron chi connectivity index (χ4n) is 5.63. The van der Waals surface area contributed by atoms with Crippen molar-refractivity contribution in [3.05, 3.63) is 17.2 Å². The van der Waals surface area contributed by atoms with Crippen LogP contribution in [0.4, 0.5) is 0 Å².